The molecule has 3 nitrogen and oxygen atoms in total. The predicted octanol–water partition coefficient (Wildman–Crippen LogP) is 1.68. The van der Waals surface area contributed by atoms with Gasteiger partial charge in [-0.25, -0.2) is 0 Å². The van der Waals surface area contributed by atoms with E-state index >= 15 is 0 Å². The van der Waals surface area contributed by atoms with Crippen LogP contribution >= 0.6 is 0 Å². The van der Waals surface area contributed by atoms with Crippen molar-refractivity contribution in [2.45, 2.75) is 45.6 Å². The van der Waals surface area contributed by atoms with Gasteiger partial charge < -0.3 is 10.2 Å². The van der Waals surface area contributed by atoms with E-state index in [4.69, 9.17) is 0 Å². The minimum Gasteiger partial charge on any atom is -0.396 e. The highest BCUT2D eigenvalue weighted by atomic mass is 16.3. The lowest BCUT2D eigenvalue weighted by Crippen LogP contribution is -2.38. The van der Waals surface area contributed by atoms with Gasteiger partial charge in [-0.05, 0) is 36.7 Å². The van der Waals surface area contributed by atoms with E-state index in [1.165, 1.54) is 0 Å². The Kier molecular flexibility index (Phi) is 2.24. The third-order valence-corrected chi connectivity index (χ3v) is 6.02. The van der Waals surface area contributed by atoms with E-state index in [0.717, 1.165) is 12.0 Å². The van der Waals surface area contributed by atoms with Crippen LogP contribution in [-0.2, 0) is 4.79 Å². The fraction of sp³-hybridized carbons (Fsp3) is 0.800. The van der Waals surface area contributed by atoms with Crippen molar-refractivity contribution in [1.29, 1.82) is 0 Å². The highest BCUT2D eigenvalue weighted by molar-refractivity contribution is 5.96. The molecular weight excluding hydrogens is 228 g/mol. The molecule has 2 N–H and O–H groups in total. The second-order valence-corrected chi connectivity index (χ2v) is 7.26. The average molecular weight is 250 g/mol. The Hall–Kier alpha value is -0.670. The summed E-state index contributed by atoms with van der Waals surface area (Å²) in [6.07, 6.45) is 3.83. The molecule has 0 bridgehead atoms. The number of ketones is 1. The van der Waals surface area contributed by atoms with Gasteiger partial charge in [0.25, 0.3) is 0 Å². The van der Waals surface area contributed by atoms with Crippen LogP contribution in [0.3, 0.4) is 0 Å². The summed E-state index contributed by atoms with van der Waals surface area (Å²) in [5.74, 6) is 0.273. The number of fused-ring (bicyclic) bond motifs is 3. The molecule has 5 unspecified atom stereocenters. The summed E-state index contributed by atoms with van der Waals surface area (Å²) in [6.45, 7) is 6.26. The normalized spacial score (nSPS) is 54.5. The lowest BCUT2D eigenvalue weighted by Gasteiger charge is -2.36. The van der Waals surface area contributed by atoms with E-state index in [1.807, 2.05) is 13.8 Å². The molecule has 3 heteroatoms. The summed E-state index contributed by atoms with van der Waals surface area (Å²) in [4.78, 5) is 11.9. The zero-order valence-corrected chi connectivity index (χ0v) is 11.4. The first-order valence-corrected chi connectivity index (χ1v) is 6.83. The SMILES string of the molecule is CC1C(=O)C=C2CC3(O)CC(C)(CO)CC3C21C. The van der Waals surface area contributed by atoms with Crippen molar-refractivity contribution in [1.82, 2.24) is 0 Å². The summed E-state index contributed by atoms with van der Waals surface area (Å²) in [6, 6.07) is 0. The van der Waals surface area contributed by atoms with E-state index in [9.17, 15) is 15.0 Å². The van der Waals surface area contributed by atoms with Gasteiger partial charge in [-0.1, -0.05) is 26.3 Å². The smallest absolute Gasteiger partial charge is 0.159 e. The Morgan fingerprint density at radius 1 is 1.44 bits per heavy atom. The summed E-state index contributed by atoms with van der Waals surface area (Å²) in [5.41, 5.74) is 0.0259. The number of aliphatic hydroxyl groups excluding tert-OH is 1. The predicted molar refractivity (Wildman–Crippen MR) is 67.8 cm³/mol. The Bertz CT molecular complexity index is 455. The van der Waals surface area contributed by atoms with E-state index in [2.05, 4.69) is 6.92 Å². The molecule has 0 heterocycles. The van der Waals surface area contributed by atoms with Crippen molar-refractivity contribution in [3.63, 3.8) is 0 Å². The molecule has 0 aromatic heterocycles. The van der Waals surface area contributed by atoms with Crippen LogP contribution in [0, 0.1) is 22.7 Å². The summed E-state index contributed by atoms with van der Waals surface area (Å²) in [7, 11) is 0. The monoisotopic (exact) mass is 250 g/mol. The fourth-order valence-corrected chi connectivity index (χ4v) is 4.82. The van der Waals surface area contributed by atoms with Crippen molar-refractivity contribution >= 4 is 5.78 Å². The standard InChI is InChI=1S/C15H22O3/c1-9-11(17)4-10-5-15(18)7-13(2,8-16)6-12(15)14(9,10)3/h4,9,12,16,18H,5-8H2,1-3H3. The molecule has 0 radical (unpaired) electrons. The van der Waals surface area contributed by atoms with Crippen molar-refractivity contribution in [3.05, 3.63) is 11.6 Å². The van der Waals surface area contributed by atoms with E-state index in [1.54, 1.807) is 6.08 Å². The molecule has 0 aromatic carbocycles. The Balaban J connectivity index is 2.04. The second-order valence-electron chi connectivity index (χ2n) is 7.26. The van der Waals surface area contributed by atoms with Crippen LogP contribution in [0.1, 0.15) is 40.0 Å². The summed E-state index contributed by atoms with van der Waals surface area (Å²) < 4.78 is 0. The first-order chi connectivity index (χ1) is 8.25. The molecule has 2 saturated carbocycles. The van der Waals surface area contributed by atoms with Gasteiger partial charge in [0.15, 0.2) is 5.78 Å². The van der Waals surface area contributed by atoms with Gasteiger partial charge in [0, 0.05) is 17.9 Å². The Labute approximate surface area is 108 Å². The zero-order valence-electron chi connectivity index (χ0n) is 11.4. The molecule has 2 fully saturated rings. The molecule has 100 valence electrons. The Morgan fingerprint density at radius 2 is 2.11 bits per heavy atom. The van der Waals surface area contributed by atoms with Crippen LogP contribution in [0.25, 0.3) is 0 Å². The van der Waals surface area contributed by atoms with Crippen LogP contribution in [0.15, 0.2) is 11.6 Å². The van der Waals surface area contributed by atoms with Gasteiger partial charge in [0.2, 0.25) is 0 Å². The molecule has 3 rings (SSSR count). The molecule has 0 aliphatic heterocycles. The molecular formula is C15H22O3. The number of allylic oxidation sites excluding steroid dienone is 1. The summed E-state index contributed by atoms with van der Waals surface area (Å²) >= 11 is 0. The van der Waals surface area contributed by atoms with Crippen LogP contribution in [0.4, 0.5) is 0 Å². The molecule has 5 atom stereocenters. The first kappa shape index (κ1) is 12.4. The maximum absolute atomic E-state index is 11.9. The highest BCUT2D eigenvalue weighted by Crippen LogP contribution is 2.68. The molecule has 3 aliphatic rings. The fourth-order valence-electron chi connectivity index (χ4n) is 4.82. The molecule has 0 saturated heterocycles. The minimum absolute atomic E-state index is 0.0347. The Morgan fingerprint density at radius 3 is 2.72 bits per heavy atom. The quantitative estimate of drug-likeness (QED) is 0.744. The van der Waals surface area contributed by atoms with Crippen molar-refractivity contribution in [2.75, 3.05) is 6.61 Å². The van der Waals surface area contributed by atoms with Crippen LogP contribution in [0.5, 0.6) is 0 Å². The highest BCUT2D eigenvalue weighted by Gasteiger charge is 2.67. The van der Waals surface area contributed by atoms with Crippen LogP contribution in [0.2, 0.25) is 0 Å². The third kappa shape index (κ3) is 1.24. The number of carbonyl (C=O) groups is 1. The number of carbonyl (C=O) groups excluding carboxylic acids is 1. The van der Waals surface area contributed by atoms with E-state index < -0.39 is 5.60 Å². The topological polar surface area (TPSA) is 57.5 Å². The molecule has 0 spiro atoms. The van der Waals surface area contributed by atoms with Crippen LogP contribution < -0.4 is 0 Å². The lowest BCUT2D eigenvalue weighted by molar-refractivity contribution is -0.120. The van der Waals surface area contributed by atoms with E-state index in [0.29, 0.717) is 12.8 Å². The maximum Gasteiger partial charge on any atom is 0.159 e. The van der Waals surface area contributed by atoms with Gasteiger partial charge in [0.05, 0.1) is 5.60 Å². The van der Waals surface area contributed by atoms with Gasteiger partial charge >= 0.3 is 0 Å². The second kappa shape index (κ2) is 3.26. The molecule has 0 amide bonds. The third-order valence-electron chi connectivity index (χ3n) is 6.02. The number of aliphatic hydroxyl groups is 2. The molecule has 0 aromatic rings. The number of hydrogen-bond acceptors (Lipinski definition) is 3. The van der Waals surface area contributed by atoms with Gasteiger partial charge in [-0.3, -0.25) is 4.79 Å². The zero-order chi connectivity index (χ0) is 13.3. The first-order valence-electron chi connectivity index (χ1n) is 6.83. The van der Waals surface area contributed by atoms with Crippen molar-refractivity contribution in [2.24, 2.45) is 22.7 Å². The van der Waals surface area contributed by atoms with Gasteiger partial charge in [-0.15, -0.1) is 0 Å². The van der Waals surface area contributed by atoms with Gasteiger partial charge in [0.1, 0.15) is 0 Å². The van der Waals surface area contributed by atoms with Crippen molar-refractivity contribution in [3.8, 4) is 0 Å². The largest absolute Gasteiger partial charge is 0.396 e. The molecule has 18 heavy (non-hydrogen) atoms. The van der Waals surface area contributed by atoms with E-state index in [-0.39, 0.29) is 35.1 Å². The summed E-state index contributed by atoms with van der Waals surface area (Å²) in [5, 5.41) is 20.5. The van der Waals surface area contributed by atoms with Crippen LogP contribution in [-0.4, -0.2) is 28.2 Å². The lowest BCUT2D eigenvalue weighted by atomic mass is 9.68. The molecule has 3 aliphatic carbocycles. The number of hydrogen-bond donors (Lipinski definition) is 2. The minimum atomic E-state index is -0.715. The van der Waals surface area contributed by atoms with Crippen molar-refractivity contribution < 1.29 is 15.0 Å². The number of rotatable bonds is 1. The average Bonchev–Trinajstić information content (AvgIpc) is 2.76. The maximum atomic E-state index is 11.9. The van der Waals surface area contributed by atoms with Gasteiger partial charge in [-0.2, -0.15) is 0 Å².